The number of benzene rings is 2. The first-order chi connectivity index (χ1) is 12.0. The van der Waals surface area contributed by atoms with Gasteiger partial charge in [-0.1, -0.05) is 12.1 Å². The smallest absolute Gasteiger partial charge is 0.263 e. The molecule has 128 valence electrons. The van der Waals surface area contributed by atoms with Crippen molar-refractivity contribution in [3.05, 3.63) is 66.5 Å². The fourth-order valence-electron chi connectivity index (χ4n) is 2.27. The van der Waals surface area contributed by atoms with Crippen molar-refractivity contribution in [1.82, 2.24) is 9.55 Å². The Morgan fingerprint density at radius 3 is 2.60 bits per heavy atom. The summed E-state index contributed by atoms with van der Waals surface area (Å²) in [7, 11) is 1.72. The van der Waals surface area contributed by atoms with Gasteiger partial charge >= 0.3 is 0 Å². The van der Waals surface area contributed by atoms with E-state index in [0.29, 0.717) is 17.1 Å². The Balaban J connectivity index is 1.72. The zero-order chi connectivity index (χ0) is 17.8. The lowest BCUT2D eigenvalue weighted by atomic mass is 10.1. The quantitative estimate of drug-likeness (QED) is 0.773. The summed E-state index contributed by atoms with van der Waals surface area (Å²) in [5, 5.41) is 2.68. The van der Waals surface area contributed by atoms with Crippen molar-refractivity contribution < 1.29 is 18.3 Å². The van der Waals surface area contributed by atoms with Crippen LogP contribution in [-0.4, -0.2) is 22.1 Å². The number of halogens is 2. The lowest BCUT2D eigenvalue weighted by Gasteiger charge is -2.10. The molecule has 0 spiro atoms. The molecule has 0 unspecified atom stereocenters. The Labute approximate surface area is 142 Å². The molecule has 0 atom stereocenters. The first-order valence-electron chi connectivity index (χ1n) is 7.49. The Morgan fingerprint density at radius 2 is 1.88 bits per heavy atom. The number of imidazole rings is 1. The SMILES string of the molecule is Cn1cnc(-c2ccc(F)cc2)c1NC(=O)COc1ccccc1F. The fraction of sp³-hybridized carbons (Fsp3) is 0.111. The molecule has 1 aromatic heterocycles. The van der Waals surface area contributed by atoms with Gasteiger partial charge in [0.25, 0.3) is 5.91 Å². The Morgan fingerprint density at radius 1 is 1.16 bits per heavy atom. The van der Waals surface area contributed by atoms with Crippen molar-refractivity contribution >= 4 is 11.7 Å². The molecule has 2 aromatic carbocycles. The highest BCUT2D eigenvalue weighted by Gasteiger charge is 2.15. The molecule has 7 heteroatoms. The molecule has 0 bridgehead atoms. The standard InChI is InChI=1S/C18H15F2N3O2/c1-23-11-21-17(12-6-8-13(19)9-7-12)18(23)22-16(24)10-25-15-5-3-2-4-14(15)20/h2-9,11H,10H2,1H3,(H,22,24). The Bertz CT molecular complexity index is 892. The van der Waals surface area contributed by atoms with Gasteiger partial charge in [-0.15, -0.1) is 0 Å². The van der Waals surface area contributed by atoms with Crippen LogP contribution in [0.4, 0.5) is 14.6 Å². The van der Waals surface area contributed by atoms with Crippen molar-refractivity contribution in [2.45, 2.75) is 0 Å². The fourth-order valence-corrected chi connectivity index (χ4v) is 2.27. The summed E-state index contributed by atoms with van der Waals surface area (Å²) in [5.41, 5.74) is 1.16. The van der Waals surface area contributed by atoms with Crippen molar-refractivity contribution in [2.75, 3.05) is 11.9 Å². The number of nitrogens with one attached hydrogen (secondary N) is 1. The zero-order valence-electron chi connectivity index (χ0n) is 13.4. The molecule has 1 heterocycles. The third-order valence-corrected chi connectivity index (χ3v) is 3.51. The molecule has 1 N–H and O–H groups in total. The predicted molar refractivity (Wildman–Crippen MR) is 89.1 cm³/mol. The molecule has 0 fully saturated rings. The molecule has 0 aliphatic heterocycles. The van der Waals surface area contributed by atoms with Crippen LogP contribution in [0.25, 0.3) is 11.3 Å². The van der Waals surface area contributed by atoms with Crippen LogP contribution in [0.3, 0.4) is 0 Å². The summed E-state index contributed by atoms with van der Waals surface area (Å²) in [6.07, 6.45) is 1.53. The molecule has 25 heavy (non-hydrogen) atoms. The number of anilines is 1. The summed E-state index contributed by atoms with van der Waals surface area (Å²) in [6.45, 7) is -0.352. The molecule has 0 aliphatic carbocycles. The third kappa shape index (κ3) is 3.82. The highest BCUT2D eigenvalue weighted by molar-refractivity contribution is 5.94. The molecular formula is C18H15F2N3O2. The number of ether oxygens (including phenoxy) is 1. The average molecular weight is 343 g/mol. The first kappa shape index (κ1) is 16.6. The van der Waals surface area contributed by atoms with E-state index in [-0.39, 0.29) is 18.2 Å². The molecule has 0 saturated carbocycles. The van der Waals surface area contributed by atoms with Crippen molar-refractivity contribution in [2.24, 2.45) is 7.05 Å². The molecular weight excluding hydrogens is 328 g/mol. The van der Waals surface area contributed by atoms with E-state index in [2.05, 4.69) is 10.3 Å². The van der Waals surface area contributed by atoms with Crippen molar-refractivity contribution in [1.29, 1.82) is 0 Å². The molecule has 0 saturated heterocycles. The highest BCUT2D eigenvalue weighted by Crippen LogP contribution is 2.26. The van der Waals surface area contributed by atoms with E-state index in [1.165, 1.54) is 36.7 Å². The van der Waals surface area contributed by atoms with Crippen LogP contribution >= 0.6 is 0 Å². The number of hydrogen-bond acceptors (Lipinski definition) is 3. The van der Waals surface area contributed by atoms with Gasteiger partial charge in [-0.05, 0) is 36.4 Å². The maximum absolute atomic E-state index is 13.5. The average Bonchev–Trinajstić information content (AvgIpc) is 2.96. The topological polar surface area (TPSA) is 56.2 Å². The van der Waals surface area contributed by atoms with Crippen LogP contribution in [0.1, 0.15) is 0 Å². The van der Waals surface area contributed by atoms with Crippen LogP contribution in [-0.2, 0) is 11.8 Å². The number of rotatable bonds is 5. The summed E-state index contributed by atoms with van der Waals surface area (Å²) < 4.78 is 33.4. The molecule has 0 aliphatic rings. The lowest BCUT2D eigenvalue weighted by molar-refractivity contribution is -0.118. The van der Waals surface area contributed by atoms with Crippen LogP contribution in [0, 0.1) is 11.6 Å². The number of para-hydroxylation sites is 1. The minimum atomic E-state index is -0.539. The molecule has 1 amide bonds. The van der Waals surface area contributed by atoms with Crippen molar-refractivity contribution in [3.63, 3.8) is 0 Å². The number of amides is 1. The van der Waals surface area contributed by atoms with Gasteiger partial charge < -0.3 is 14.6 Å². The minimum absolute atomic E-state index is 0.00131. The Kier molecular flexibility index (Phi) is 4.74. The zero-order valence-corrected chi connectivity index (χ0v) is 13.4. The summed E-state index contributed by atoms with van der Waals surface area (Å²) in [6, 6.07) is 11.6. The van der Waals surface area contributed by atoms with E-state index in [1.54, 1.807) is 29.8 Å². The summed E-state index contributed by atoms with van der Waals surface area (Å²) in [4.78, 5) is 16.4. The number of carbonyl (C=O) groups excluding carboxylic acids is 1. The van der Waals surface area contributed by atoms with E-state index in [0.717, 1.165) is 0 Å². The summed E-state index contributed by atoms with van der Waals surface area (Å²) in [5.74, 6) is -0.920. The Hall–Kier alpha value is -3.22. The van der Waals surface area contributed by atoms with Gasteiger partial charge in [0.15, 0.2) is 18.2 Å². The van der Waals surface area contributed by atoms with Crippen LogP contribution in [0.2, 0.25) is 0 Å². The van der Waals surface area contributed by atoms with Gasteiger partial charge in [-0.25, -0.2) is 13.8 Å². The normalized spacial score (nSPS) is 10.5. The number of nitrogens with zero attached hydrogens (tertiary/aromatic N) is 2. The molecule has 3 rings (SSSR count). The predicted octanol–water partition coefficient (Wildman–Crippen LogP) is 3.38. The second kappa shape index (κ2) is 7.12. The van der Waals surface area contributed by atoms with Crippen molar-refractivity contribution in [3.8, 4) is 17.0 Å². The lowest BCUT2D eigenvalue weighted by Crippen LogP contribution is -2.22. The van der Waals surface area contributed by atoms with Gasteiger partial charge in [0.05, 0.1) is 6.33 Å². The molecule has 3 aromatic rings. The number of aromatic nitrogens is 2. The molecule has 0 radical (unpaired) electrons. The van der Waals surface area contributed by atoms with Gasteiger partial charge in [0.1, 0.15) is 17.3 Å². The molecule has 5 nitrogen and oxygen atoms in total. The minimum Gasteiger partial charge on any atom is -0.481 e. The van der Waals surface area contributed by atoms with Crippen LogP contribution in [0.15, 0.2) is 54.9 Å². The second-order valence-electron chi connectivity index (χ2n) is 5.33. The number of carbonyl (C=O) groups is 1. The van der Waals surface area contributed by atoms with E-state index in [1.807, 2.05) is 0 Å². The maximum atomic E-state index is 13.5. The third-order valence-electron chi connectivity index (χ3n) is 3.51. The van der Waals surface area contributed by atoms with E-state index >= 15 is 0 Å². The number of hydrogen-bond donors (Lipinski definition) is 1. The van der Waals surface area contributed by atoms with Gasteiger partial charge in [0.2, 0.25) is 0 Å². The van der Waals surface area contributed by atoms with Gasteiger partial charge in [-0.3, -0.25) is 4.79 Å². The van der Waals surface area contributed by atoms with E-state index in [9.17, 15) is 13.6 Å². The van der Waals surface area contributed by atoms with Crippen LogP contribution in [0.5, 0.6) is 5.75 Å². The van der Waals surface area contributed by atoms with Gasteiger partial charge in [-0.2, -0.15) is 0 Å². The van der Waals surface area contributed by atoms with E-state index < -0.39 is 11.7 Å². The first-order valence-corrected chi connectivity index (χ1v) is 7.49. The monoisotopic (exact) mass is 343 g/mol. The second-order valence-corrected chi connectivity index (χ2v) is 5.33. The summed E-state index contributed by atoms with van der Waals surface area (Å²) >= 11 is 0. The highest BCUT2D eigenvalue weighted by atomic mass is 19.1. The largest absolute Gasteiger partial charge is 0.481 e. The van der Waals surface area contributed by atoms with Crippen LogP contribution < -0.4 is 10.1 Å². The van der Waals surface area contributed by atoms with E-state index in [4.69, 9.17) is 4.74 Å². The maximum Gasteiger partial charge on any atom is 0.263 e. The van der Waals surface area contributed by atoms with Gasteiger partial charge in [0, 0.05) is 12.6 Å². The number of aryl methyl sites for hydroxylation is 1.